The molecule has 4 aromatic rings. The molecule has 0 spiro atoms. The largest absolute Gasteiger partial charge is 0.385 e. The Balaban J connectivity index is 1.84. The zero-order valence-corrected chi connectivity index (χ0v) is 19.0. The molecule has 4 rings (SSSR count). The minimum atomic E-state index is -0.417. The molecule has 3 heterocycles. The molecule has 3 aromatic heterocycles. The third-order valence-corrected chi connectivity index (χ3v) is 5.16. The summed E-state index contributed by atoms with van der Waals surface area (Å²) in [5.41, 5.74) is 3.19. The van der Waals surface area contributed by atoms with E-state index in [9.17, 15) is 4.39 Å². The minimum Gasteiger partial charge on any atom is -0.385 e. The molecule has 0 aliphatic heterocycles. The Morgan fingerprint density at radius 3 is 2.70 bits per heavy atom. The molecule has 9 heteroatoms. The van der Waals surface area contributed by atoms with Crippen LogP contribution in [0.4, 0.5) is 10.2 Å². The lowest BCUT2D eigenvalue weighted by Gasteiger charge is -2.13. The first-order valence-corrected chi connectivity index (χ1v) is 10.7. The van der Waals surface area contributed by atoms with Gasteiger partial charge in [-0.2, -0.15) is 0 Å². The van der Waals surface area contributed by atoms with Crippen LogP contribution in [-0.4, -0.2) is 45.2 Å². The van der Waals surface area contributed by atoms with E-state index >= 15 is 0 Å². The quantitative estimate of drug-likeness (QED) is 0.358. The highest BCUT2D eigenvalue weighted by molar-refractivity contribution is 6.33. The van der Waals surface area contributed by atoms with Crippen LogP contribution < -0.4 is 5.32 Å². The van der Waals surface area contributed by atoms with E-state index < -0.39 is 5.82 Å². The molecule has 0 atom stereocenters. The fraction of sp³-hybridized carbons (Fsp3) is 0.208. The number of pyridine rings is 1. The van der Waals surface area contributed by atoms with E-state index in [0.29, 0.717) is 53.1 Å². The number of hydrogen-bond donors (Lipinski definition) is 1. The van der Waals surface area contributed by atoms with Crippen LogP contribution in [0.3, 0.4) is 0 Å². The Labute approximate surface area is 196 Å². The maximum atomic E-state index is 13.7. The lowest BCUT2D eigenvalue weighted by atomic mass is 10.0. The number of nitrogens with zero attached hydrogens (tertiary/aromatic N) is 5. The van der Waals surface area contributed by atoms with Gasteiger partial charge in [0, 0.05) is 61.6 Å². The third kappa shape index (κ3) is 5.47. The fourth-order valence-corrected chi connectivity index (χ4v) is 3.53. The molecule has 0 aliphatic carbocycles. The standard InChI is InChI=1S/C24H22ClFN6O/c1-15-29-14-19(23(30-15)18-7-6-17(26)11-20(18)25)21-12-22(28-9-4-10-33-2)32-24(31-21)16-5-3-8-27-13-16/h3,5-8,11-14H,4,9-10H2,1-2H3,(H,28,31,32). The Morgan fingerprint density at radius 1 is 1.06 bits per heavy atom. The number of ether oxygens (including phenoxy) is 1. The molecule has 33 heavy (non-hydrogen) atoms. The summed E-state index contributed by atoms with van der Waals surface area (Å²) in [6.07, 6.45) is 5.92. The number of nitrogens with one attached hydrogen (secondary N) is 1. The Morgan fingerprint density at radius 2 is 1.94 bits per heavy atom. The molecule has 0 aliphatic rings. The van der Waals surface area contributed by atoms with Crippen molar-refractivity contribution >= 4 is 17.4 Å². The van der Waals surface area contributed by atoms with E-state index in [0.717, 1.165) is 12.0 Å². The second-order valence-electron chi connectivity index (χ2n) is 7.28. The summed E-state index contributed by atoms with van der Waals surface area (Å²) < 4.78 is 18.8. The summed E-state index contributed by atoms with van der Waals surface area (Å²) in [5, 5.41) is 3.58. The number of benzene rings is 1. The second kappa shape index (κ2) is 10.4. The Kier molecular flexibility index (Phi) is 7.16. The van der Waals surface area contributed by atoms with Crippen molar-refractivity contribution in [2.45, 2.75) is 13.3 Å². The van der Waals surface area contributed by atoms with Gasteiger partial charge in [-0.25, -0.2) is 24.3 Å². The summed E-state index contributed by atoms with van der Waals surface area (Å²) in [6, 6.07) is 9.78. The molecule has 1 aromatic carbocycles. The topological polar surface area (TPSA) is 85.7 Å². The average molecular weight is 465 g/mol. The van der Waals surface area contributed by atoms with Gasteiger partial charge in [0.2, 0.25) is 0 Å². The van der Waals surface area contributed by atoms with E-state index in [2.05, 4.69) is 25.3 Å². The fourth-order valence-electron chi connectivity index (χ4n) is 3.28. The highest BCUT2D eigenvalue weighted by atomic mass is 35.5. The van der Waals surface area contributed by atoms with Gasteiger partial charge in [0.25, 0.3) is 0 Å². The minimum absolute atomic E-state index is 0.258. The number of rotatable bonds is 8. The van der Waals surface area contributed by atoms with Gasteiger partial charge in [-0.05, 0) is 43.7 Å². The van der Waals surface area contributed by atoms with Gasteiger partial charge in [-0.15, -0.1) is 0 Å². The number of hydrogen-bond acceptors (Lipinski definition) is 7. The summed E-state index contributed by atoms with van der Waals surface area (Å²) in [6.45, 7) is 3.10. The molecular formula is C24H22ClFN6O. The van der Waals surface area contributed by atoms with Crippen LogP contribution in [0.1, 0.15) is 12.2 Å². The molecule has 0 saturated heterocycles. The number of halogens is 2. The molecule has 0 amide bonds. The van der Waals surface area contributed by atoms with Gasteiger partial charge < -0.3 is 10.1 Å². The number of aromatic nitrogens is 5. The van der Waals surface area contributed by atoms with Crippen LogP contribution >= 0.6 is 11.6 Å². The molecule has 0 radical (unpaired) electrons. The highest BCUT2D eigenvalue weighted by Crippen LogP contribution is 2.35. The SMILES string of the molecule is COCCCNc1cc(-c2cnc(C)nc2-c2ccc(F)cc2Cl)nc(-c2cccnc2)n1. The zero-order chi connectivity index (χ0) is 23.2. The van der Waals surface area contributed by atoms with E-state index in [4.69, 9.17) is 21.3 Å². The maximum Gasteiger partial charge on any atom is 0.163 e. The summed E-state index contributed by atoms with van der Waals surface area (Å²) in [4.78, 5) is 22.6. The van der Waals surface area contributed by atoms with Gasteiger partial charge in [0.1, 0.15) is 17.5 Å². The first kappa shape index (κ1) is 22.7. The lowest BCUT2D eigenvalue weighted by Crippen LogP contribution is -2.08. The third-order valence-electron chi connectivity index (χ3n) is 4.85. The summed E-state index contributed by atoms with van der Waals surface area (Å²) in [7, 11) is 1.67. The van der Waals surface area contributed by atoms with Crippen LogP contribution in [0.25, 0.3) is 33.9 Å². The van der Waals surface area contributed by atoms with E-state index in [1.807, 2.05) is 18.2 Å². The van der Waals surface area contributed by atoms with Crippen molar-refractivity contribution in [2.24, 2.45) is 0 Å². The first-order valence-electron chi connectivity index (χ1n) is 10.4. The zero-order valence-electron chi connectivity index (χ0n) is 18.2. The molecular weight excluding hydrogens is 443 g/mol. The van der Waals surface area contributed by atoms with Crippen molar-refractivity contribution in [1.82, 2.24) is 24.9 Å². The number of anilines is 1. The van der Waals surface area contributed by atoms with E-state index in [-0.39, 0.29) is 5.02 Å². The Hall–Kier alpha value is -3.49. The van der Waals surface area contributed by atoms with Crippen LogP contribution in [0, 0.1) is 12.7 Å². The van der Waals surface area contributed by atoms with Crippen molar-refractivity contribution in [3.05, 3.63) is 71.7 Å². The van der Waals surface area contributed by atoms with Crippen LogP contribution in [0.2, 0.25) is 5.02 Å². The highest BCUT2D eigenvalue weighted by Gasteiger charge is 2.17. The van der Waals surface area contributed by atoms with Crippen molar-refractivity contribution in [3.8, 4) is 33.9 Å². The predicted molar refractivity (Wildman–Crippen MR) is 126 cm³/mol. The van der Waals surface area contributed by atoms with E-state index in [1.165, 1.54) is 12.1 Å². The molecule has 1 N–H and O–H groups in total. The lowest BCUT2D eigenvalue weighted by molar-refractivity contribution is 0.198. The number of methoxy groups -OCH3 is 1. The van der Waals surface area contributed by atoms with Crippen LogP contribution in [-0.2, 0) is 4.74 Å². The van der Waals surface area contributed by atoms with Gasteiger partial charge in [0.15, 0.2) is 5.82 Å². The normalized spacial score (nSPS) is 10.9. The molecule has 0 fully saturated rings. The predicted octanol–water partition coefficient (Wildman–Crippen LogP) is 5.21. The van der Waals surface area contributed by atoms with Crippen molar-refractivity contribution in [2.75, 3.05) is 25.6 Å². The summed E-state index contributed by atoms with van der Waals surface area (Å²) >= 11 is 6.37. The molecule has 168 valence electrons. The summed E-state index contributed by atoms with van der Waals surface area (Å²) in [5.74, 6) is 1.30. The van der Waals surface area contributed by atoms with Crippen molar-refractivity contribution in [1.29, 1.82) is 0 Å². The van der Waals surface area contributed by atoms with Gasteiger partial charge in [-0.1, -0.05) is 11.6 Å². The smallest absolute Gasteiger partial charge is 0.163 e. The van der Waals surface area contributed by atoms with Gasteiger partial charge in [-0.3, -0.25) is 4.98 Å². The average Bonchev–Trinajstić information content (AvgIpc) is 2.82. The molecule has 0 saturated carbocycles. The second-order valence-corrected chi connectivity index (χ2v) is 7.69. The van der Waals surface area contributed by atoms with Gasteiger partial charge in [0.05, 0.1) is 16.4 Å². The molecule has 7 nitrogen and oxygen atoms in total. The first-order chi connectivity index (χ1) is 16.0. The van der Waals surface area contributed by atoms with Crippen LogP contribution in [0.5, 0.6) is 0 Å². The van der Waals surface area contributed by atoms with Crippen molar-refractivity contribution < 1.29 is 9.13 Å². The Bertz CT molecular complexity index is 1260. The van der Waals surface area contributed by atoms with Crippen molar-refractivity contribution in [3.63, 3.8) is 0 Å². The molecule has 0 unspecified atom stereocenters. The van der Waals surface area contributed by atoms with E-state index in [1.54, 1.807) is 38.7 Å². The monoisotopic (exact) mass is 464 g/mol. The number of aryl methyl sites for hydroxylation is 1. The van der Waals surface area contributed by atoms with Gasteiger partial charge >= 0.3 is 0 Å². The maximum absolute atomic E-state index is 13.7. The van der Waals surface area contributed by atoms with Crippen LogP contribution in [0.15, 0.2) is 55.0 Å². The molecule has 0 bridgehead atoms.